The summed E-state index contributed by atoms with van der Waals surface area (Å²) in [5, 5.41) is 0.0451. The van der Waals surface area contributed by atoms with Gasteiger partial charge in [-0.05, 0) is 36.5 Å². The van der Waals surface area contributed by atoms with Crippen LogP contribution in [-0.2, 0) is 13.2 Å². The first kappa shape index (κ1) is 19.7. The summed E-state index contributed by atoms with van der Waals surface area (Å²) >= 11 is 5.80. The van der Waals surface area contributed by atoms with Crippen molar-refractivity contribution < 1.29 is 9.13 Å². The van der Waals surface area contributed by atoms with Gasteiger partial charge in [-0.1, -0.05) is 38.4 Å². The van der Waals surface area contributed by atoms with Gasteiger partial charge in [0.15, 0.2) is 0 Å². The topological polar surface area (TPSA) is 47.4 Å². The fraction of sp³-hybridized carbons (Fsp3) is 0.500. The second-order valence-corrected chi connectivity index (χ2v) is 7.73. The lowest BCUT2D eigenvalue weighted by molar-refractivity contribution is 0.291. The van der Waals surface area contributed by atoms with E-state index in [1.54, 1.807) is 10.6 Å². The summed E-state index contributed by atoms with van der Waals surface area (Å²) < 4.78 is 20.7. The summed E-state index contributed by atoms with van der Waals surface area (Å²) in [6, 6.07) is 6.53. The number of hydrogen-bond donors (Lipinski definition) is 0. The van der Waals surface area contributed by atoms with E-state index in [0.29, 0.717) is 24.1 Å². The van der Waals surface area contributed by atoms with E-state index in [9.17, 15) is 9.18 Å². The Bertz CT molecular complexity index is 869. The third-order valence-corrected chi connectivity index (χ3v) is 5.17. The molecule has 0 fully saturated rings. The summed E-state index contributed by atoms with van der Waals surface area (Å²) in [5.74, 6) is 1.25. The molecule has 3 rings (SSSR count). The predicted octanol–water partition coefficient (Wildman–Crippen LogP) is 4.26. The quantitative estimate of drug-likeness (QED) is 0.705. The summed E-state index contributed by atoms with van der Waals surface area (Å²) in [5.41, 5.74) is 0.414. The van der Waals surface area contributed by atoms with Gasteiger partial charge in [0.1, 0.15) is 18.2 Å². The smallest absolute Gasteiger partial charge is 0.352 e. The number of anilines is 1. The lowest BCUT2D eigenvalue weighted by atomic mass is 10.1. The number of halogens is 2. The number of ether oxygens (including phenoxy) is 1. The van der Waals surface area contributed by atoms with Gasteiger partial charge < -0.3 is 9.64 Å². The number of hydrogen-bond acceptors (Lipinski definition) is 4. The van der Waals surface area contributed by atoms with Crippen LogP contribution in [0.1, 0.15) is 39.2 Å². The predicted molar refractivity (Wildman–Crippen MR) is 105 cm³/mol. The first-order valence-corrected chi connectivity index (χ1v) is 9.72. The third-order valence-electron chi connectivity index (χ3n) is 4.88. The van der Waals surface area contributed by atoms with Crippen molar-refractivity contribution in [3.63, 3.8) is 0 Å². The molecule has 0 N–H and O–H groups in total. The second kappa shape index (κ2) is 8.30. The lowest BCUT2D eigenvalue weighted by Crippen LogP contribution is -2.32. The highest BCUT2D eigenvalue weighted by Gasteiger charge is 2.29. The molecule has 0 saturated heterocycles. The van der Waals surface area contributed by atoms with Crippen molar-refractivity contribution in [1.29, 1.82) is 0 Å². The Kier molecular flexibility index (Phi) is 6.05. The van der Waals surface area contributed by atoms with Gasteiger partial charge in [0.25, 0.3) is 0 Å². The minimum Gasteiger partial charge on any atom is -0.473 e. The van der Waals surface area contributed by atoms with Crippen LogP contribution < -0.4 is 15.3 Å². The Morgan fingerprint density at radius 2 is 2.15 bits per heavy atom. The van der Waals surface area contributed by atoms with Crippen LogP contribution in [0.5, 0.6) is 5.88 Å². The molecule has 0 radical (unpaired) electrons. The van der Waals surface area contributed by atoms with Crippen molar-refractivity contribution in [3.05, 3.63) is 51.2 Å². The molecular formula is C20H25ClFN3O2. The van der Waals surface area contributed by atoms with Gasteiger partial charge in [0, 0.05) is 25.2 Å². The van der Waals surface area contributed by atoms with Crippen molar-refractivity contribution >= 4 is 17.4 Å². The molecule has 1 aliphatic heterocycles. The van der Waals surface area contributed by atoms with Crippen molar-refractivity contribution in [2.45, 2.75) is 52.8 Å². The van der Waals surface area contributed by atoms with Crippen molar-refractivity contribution in [2.75, 3.05) is 11.4 Å². The molecule has 0 bridgehead atoms. The fourth-order valence-corrected chi connectivity index (χ4v) is 3.49. The third kappa shape index (κ3) is 4.43. The van der Waals surface area contributed by atoms with Crippen LogP contribution in [0.3, 0.4) is 0 Å². The van der Waals surface area contributed by atoms with Crippen LogP contribution in [-0.4, -0.2) is 22.1 Å². The van der Waals surface area contributed by atoms with Crippen LogP contribution in [0.25, 0.3) is 0 Å². The van der Waals surface area contributed by atoms with Crippen molar-refractivity contribution in [3.8, 4) is 5.88 Å². The SMILES string of the molecule is CCC1Cn2c(cc(OCc3ccc(F)c(Cl)c3)nc2=O)N1CCC(C)C. The largest absolute Gasteiger partial charge is 0.473 e. The van der Waals surface area contributed by atoms with E-state index in [4.69, 9.17) is 16.3 Å². The zero-order valence-electron chi connectivity index (χ0n) is 15.9. The highest BCUT2D eigenvalue weighted by molar-refractivity contribution is 6.30. The monoisotopic (exact) mass is 393 g/mol. The molecule has 1 aromatic carbocycles. The van der Waals surface area contributed by atoms with Gasteiger partial charge in [-0.15, -0.1) is 0 Å². The maximum Gasteiger partial charge on any atom is 0.352 e. The van der Waals surface area contributed by atoms with Gasteiger partial charge in [0.2, 0.25) is 5.88 Å². The van der Waals surface area contributed by atoms with E-state index in [2.05, 4.69) is 30.7 Å². The highest BCUT2D eigenvalue weighted by Crippen LogP contribution is 2.29. The minimum atomic E-state index is -0.472. The number of aromatic nitrogens is 2. The van der Waals surface area contributed by atoms with Gasteiger partial charge >= 0.3 is 5.69 Å². The van der Waals surface area contributed by atoms with Gasteiger partial charge in [-0.3, -0.25) is 4.57 Å². The van der Waals surface area contributed by atoms with Crippen LogP contribution in [0.4, 0.5) is 10.2 Å². The number of benzene rings is 1. The molecule has 0 saturated carbocycles. The van der Waals surface area contributed by atoms with Crippen molar-refractivity contribution in [2.24, 2.45) is 5.92 Å². The zero-order chi connectivity index (χ0) is 19.6. The van der Waals surface area contributed by atoms with E-state index in [0.717, 1.165) is 25.2 Å². The van der Waals surface area contributed by atoms with E-state index in [-0.39, 0.29) is 23.2 Å². The van der Waals surface area contributed by atoms with E-state index in [1.165, 1.54) is 12.1 Å². The van der Waals surface area contributed by atoms with Gasteiger partial charge in [0.05, 0.1) is 5.02 Å². The summed E-state index contributed by atoms with van der Waals surface area (Å²) in [4.78, 5) is 18.8. The molecule has 1 aliphatic rings. The second-order valence-electron chi connectivity index (χ2n) is 7.32. The van der Waals surface area contributed by atoms with Crippen LogP contribution in [0.2, 0.25) is 5.02 Å². The molecule has 5 nitrogen and oxygen atoms in total. The Balaban J connectivity index is 1.80. The molecule has 0 amide bonds. The molecule has 0 aliphatic carbocycles. The molecule has 27 heavy (non-hydrogen) atoms. The first-order chi connectivity index (χ1) is 12.9. The van der Waals surface area contributed by atoms with Crippen molar-refractivity contribution in [1.82, 2.24) is 9.55 Å². The molecule has 7 heteroatoms. The highest BCUT2D eigenvalue weighted by atomic mass is 35.5. The molecule has 1 aromatic heterocycles. The molecule has 146 valence electrons. The molecule has 1 atom stereocenters. The average Bonchev–Trinajstić information content (AvgIpc) is 2.99. The molecule has 2 aromatic rings. The first-order valence-electron chi connectivity index (χ1n) is 9.34. The van der Waals surface area contributed by atoms with Crippen LogP contribution in [0.15, 0.2) is 29.1 Å². The Hall–Kier alpha value is -2.08. The molecule has 2 heterocycles. The van der Waals surface area contributed by atoms with Gasteiger partial charge in [-0.25, -0.2) is 9.18 Å². The van der Waals surface area contributed by atoms with E-state index >= 15 is 0 Å². The number of rotatable bonds is 7. The fourth-order valence-electron chi connectivity index (χ4n) is 3.28. The summed E-state index contributed by atoms with van der Waals surface area (Å²) in [6.45, 7) is 8.24. The normalized spacial score (nSPS) is 16.1. The lowest BCUT2D eigenvalue weighted by Gasteiger charge is -2.26. The Morgan fingerprint density at radius 1 is 1.37 bits per heavy atom. The Labute approximate surface area is 163 Å². The molecule has 0 spiro atoms. The van der Waals surface area contributed by atoms with Crippen LogP contribution >= 0.6 is 11.6 Å². The average molecular weight is 394 g/mol. The van der Waals surface area contributed by atoms with E-state index < -0.39 is 5.82 Å². The maximum absolute atomic E-state index is 13.3. The number of fused-ring (bicyclic) bond motifs is 1. The molecular weight excluding hydrogens is 369 g/mol. The Morgan fingerprint density at radius 3 is 2.81 bits per heavy atom. The van der Waals surface area contributed by atoms with E-state index in [1.807, 2.05) is 6.07 Å². The summed E-state index contributed by atoms with van der Waals surface area (Å²) in [6.07, 6.45) is 2.01. The minimum absolute atomic E-state index is 0.0451. The summed E-state index contributed by atoms with van der Waals surface area (Å²) in [7, 11) is 0. The zero-order valence-corrected chi connectivity index (χ0v) is 16.7. The number of nitrogens with zero attached hydrogens (tertiary/aromatic N) is 3. The maximum atomic E-state index is 13.3. The van der Waals surface area contributed by atoms with Gasteiger partial charge in [-0.2, -0.15) is 4.98 Å². The van der Waals surface area contributed by atoms with Crippen LogP contribution in [0, 0.1) is 11.7 Å². The standard InChI is InChI=1S/C20H25ClFN3O2/c1-4-15-11-25-19(24(15)8-7-13(2)3)10-18(23-20(25)26)27-12-14-5-6-17(22)16(21)9-14/h5-6,9-10,13,15H,4,7-8,11-12H2,1-3H3. The molecule has 1 unspecified atom stereocenters.